The standard InChI is InChI=1S/C26H59N9O6/c1-17(36)19(10-8-16-32-26(28)29)34-24(40)20(9-4-6-14-27)35-25(41)21(12-13-23(38)39)33-22(37)11-5-7-15-31-18(2)30-3/h17-23,26,30-33,36-39H,4-16,27-29H2,1-3H3,(H,34,40)(H,35,41). The molecule has 15 nitrogen and oxygen atoms in total. The molecule has 0 aliphatic rings. The molecule has 41 heavy (non-hydrogen) atoms. The van der Waals surface area contributed by atoms with Crippen molar-refractivity contribution in [1.29, 1.82) is 0 Å². The summed E-state index contributed by atoms with van der Waals surface area (Å²) in [5.74, 6) is -0.994. The Balaban J connectivity index is 5.26. The zero-order valence-electron chi connectivity index (χ0n) is 25.1. The molecule has 0 aliphatic heterocycles. The lowest BCUT2D eigenvalue weighted by atomic mass is 10.0. The predicted molar refractivity (Wildman–Crippen MR) is 159 cm³/mol. The van der Waals surface area contributed by atoms with Crippen LogP contribution in [0.2, 0.25) is 0 Å². The molecule has 0 saturated carbocycles. The lowest BCUT2D eigenvalue weighted by molar-refractivity contribution is -0.132. The van der Waals surface area contributed by atoms with E-state index in [0.717, 1.165) is 13.0 Å². The van der Waals surface area contributed by atoms with Crippen LogP contribution in [-0.4, -0.2) is 108 Å². The van der Waals surface area contributed by atoms with Crippen LogP contribution < -0.4 is 49.1 Å². The van der Waals surface area contributed by atoms with Crippen molar-refractivity contribution in [3.63, 3.8) is 0 Å². The maximum atomic E-state index is 13.3. The van der Waals surface area contributed by atoms with Crippen molar-refractivity contribution in [1.82, 2.24) is 31.9 Å². The molecule has 0 aromatic carbocycles. The van der Waals surface area contributed by atoms with E-state index in [9.17, 15) is 30.0 Å². The van der Waals surface area contributed by atoms with Gasteiger partial charge in [0.15, 0.2) is 6.29 Å². The smallest absolute Gasteiger partial charge is 0.242 e. The van der Waals surface area contributed by atoms with Gasteiger partial charge in [-0.3, -0.25) is 20.2 Å². The van der Waals surface area contributed by atoms with E-state index in [0.29, 0.717) is 58.0 Å². The molecule has 0 bridgehead atoms. The Morgan fingerprint density at radius 3 is 1.95 bits per heavy atom. The zero-order chi connectivity index (χ0) is 31.2. The first-order valence-electron chi connectivity index (χ1n) is 14.9. The highest BCUT2D eigenvalue weighted by atomic mass is 16.5. The molecule has 6 unspecified atom stereocenters. The van der Waals surface area contributed by atoms with Crippen LogP contribution in [0.5, 0.6) is 0 Å². The molecule has 0 radical (unpaired) electrons. The molecule has 0 aromatic heterocycles. The van der Waals surface area contributed by atoms with E-state index in [2.05, 4.69) is 31.9 Å². The SMILES string of the molecule is CNC(C)NCCCCC(O)NC(CCC(O)O)C(=O)NC(CCCCN)C(=O)NC(CCCNC(N)N)C(C)O. The first-order chi connectivity index (χ1) is 19.4. The van der Waals surface area contributed by atoms with Gasteiger partial charge in [0.05, 0.1) is 24.4 Å². The van der Waals surface area contributed by atoms with Crippen LogP contribution in [0.1, 0.15) is 78.1 Å². The molecule has 0 spiro atoms. The normalized spacial score (nSPS) is 16.3. The second-order valence-electron chi connectivity index (χ2n) is 10.6. The molecule has 0 heterocycles. The summed E-state index contributed by atoms with van der Waals surface area (Å²) in [5, 5.41) is 57.2. The molecule has 6 atom stereocenters. The van der Waals surface area contributed by atoms with Crippen molar-refractivity contribution < 1.29 is 30.0 Å². The molecule has 16 N–H and O–H groups in total. The van der Waals surface area contributed by atoms with Crippen LogP contribution >= 0.6 is 0 Å². The van der Waals surface area contributed by atoms with E-state index < -0.39 is 54.9 Å². The summed E-state index contributed by atoms with van der Waals surface area (Å²) in [6, 6.07) is -2.43. The van der Waals surface area contributed by atoms with Crippen molar-refractivity contribution in [2.45, 2.75) is 127 Å². The molecule has 2 amide bonds. The molecule has 15 heteroatoms. The number of nitrogens with one attached hydrogen (secondary N) is 6. The van der Waals surface area contributed by atoms with E-state index in [1.165, 1.54) is 0 Å². The van der Waals surface area contributed by atoms with Gasteiger partial charge in [0, 0.05) is 0 Å². The second kappa shape index (κ2) is 24.0. The van der Waals surface area contributed by atoms with Crippen molar-refractivity contribution in [2.75, 3.05) is 26.7 Å². The van der Waals surface area contributed by atoms with Gasteiger partial charge in [-0.2, -0.15) is 0 Å². The third kappa shape index (κ3) is 20.9. The highest BCUT2D eigenvalue weighted by Gasteiger charge is 2.29. The summed E-state index contributed by atoms with van der Waals surface area (Å²) < 4.78 is 0. The van der Waals surface area contributed by atoms with Gasteiger partial charge in [0.25, 0.3) is 0 Å². The van der Waals surface area contributed by atoms with E-state index >= 15 is 0 Å². The first kappa shape index (κ1) is 39.5. The Morgan fingerprint density at radius 2 is 1.37 bits per heavy atom. The van der Waals surface area contributed by atoms with Gasteiger partial charge < -0.3 is 58.9 Å². The van der Waals surface area contributed by atoms with Crippen LogP contribution in [0.25, 0.3) is 0 Å². The van der Waals surface area contributed by atoms with Crippen LogP contribution in [0.3, 0.4) is 0 Å². The van der Waals surface area contributed by atoms with E-state index in [1.807, 2.05) is 14.0 Å². The summed E-state index contributed by atoms with van der Waals surface area (Å²) in [5.41, 5.74) is 16.6. The topological polar surface area (TPSA) is 265 Å². The predicted octanol–water partition coefficient (Wildman–Crippen LogP) is -3.27. The van der Waals surface area contributed by atoms with Crippen molar-refractivity contribution in [3.8, 4) is 0 Å². The highest BCUT2D eigenvalue weighted by Crippen LogP contribution is 2.09. The number of hydrogen-bond donors (Lipinski definition) is 13. The monoisotopic (exact) mass is 593 g/mol. The van der Waals surface area contributed by atoms with Crippen LogP contribution in [0, 0.1) is 0 Å². The molecular weight excluding hydrogens is 534 g/mol. The van der Waals surface area contributed by atoms with Gasteiger partial charge in [0.2, 0.25) is 11.8 Å². The summed E-state index contributed by atoms with van der Waals surface area (Å²) in [6.07, 6.45) is 0.527. The quantitative estimate of drug-likeness (QED) is 0.0347. The molecule has 0 fully saturated rings. The van der Waals surface area contributed by atoms with E-state index in [4.69, 9.17) is 17.2 Å². The number of aliphatic hydroxyl groups excluding tert-OH is 3. The van der Waals surface area contributed by atoms with Crippen molar-refractivity contribution in [3.05, 3.63) is 0 Å². The molecular formula is C26H59N9O6. The van der Waals surface area contributed by atoms with Crippen LogP contribution in [0.15, 0.2) is 0 Å². The summed E-state index contributed by atoms with van der Waals surface area (Å²) >= 11 is 0. The molecule has 0 aromatic rings. The van der Waals surface area contributed by atoms with Crippen molar-refractivity contribution >= 4 is 11.8 Å². The van der Waals surface area contributed by atoms with Crippen LogP contribution in [-0.2, 0) is 9.59 Å². The lowest BCUT2D eigenvalue weighted by Gasteiger charge is -2.28. The van der Waals surface area contributed by atoms with Gasteiger partial charge in [0.1, 0.15) is 18.6 Å². The molecule has 0 rings (SSSR count). The Labute approximate surface area is 245 Å². The lowest BCUT2D eigenvalue weighted by Crippen LogP contribution is -2.56. The molecule has 0 aliphatic carbocycles. The van der Waals surface area contributed by atoms with Crippen LogP contribution in [0.4, 0.5) is 0 Å². The molecule has 244 valence electrons. The minimum Gasteiger partial charge on any atom is -0.391 e. The number of nitrogens with two attached hydrogens (primary N) is 3. The van der Waals surface area contributed by atoms with Gasteiger partial charge in [-0.15, -0.1) is 0 Å². The number of carbonyl (C=O) groups excluding carboxylic acids is 2. The van der Waals surface area contributed by atoms with Gasteiger partial charge in [-0.25, -0.2) is 0 Å². The summed E-state index contributed by atoms with van der Waals surface area (Å²) in [7, 11) is 1.86. The second-order valence-corrected chi connectivity index (χ2v) is 10.6. The Hall–Kier alpha value is -1.50. The van der Waals surface area contributed by atoms with Gasteiger partial charge in [-0.1, -0.05) is 0 Å². The van der Waals surface area contributed by atoms with Gasteiger partial charge >= 0.3 is 0 Å². The van der Waals surface area contributed by atoms with E-state index in [1.54, 1.807) is 6.92 Å². The summed E-state index contributed by atoms with van der Waals surface area (Å²) in [6.45, 7) is 5.28. The average molecular weight is 594 g/mol. The Kier molecular flexibility index (Phi) is 23.1. The third-order valence-corrected chi connectivity index (χ3v) is 6.77. The number of unbranched alkanes of at least 4 members (excludes halogenated alkanes) is 2. The fourth-order valence-corrected chi connectivity index (χ4v) is 4.15. The largest absolute Gasteiger partial charge is 0.391 e. The maximum absolute atomic E-state index is 13.3. The minimum absolute atomic E-state index is 0.0333. The number of carbonyl (C=O) groups is 2. The number of hydrogen-bond acceptors (Lipinski definition) is 13. The Morgan fingerprint density at radius 1 is 0.732 bits per heavy atom. The average Bonchev–Trinajstić information content (AvgIpc) is 2.91. The first-order valence-corrected chi connectivity index (χ1v) is 14.9. The minimum atomic E-state index is -1.62. The van der Waals surface area contributed by atoms with E-state index in [-0.39, 0.29) is 19.0 Å². The van der Waals surface area contributed by atoms with Crippen molar-refractivity contribution in [2.24, 2.45) is 17.2 Å². The molecule has 0 saturated heterocycles. The fraction of sp³-hybridized carbons (Fsp3) is 0.923. The Bertz CT molecular complexity index is 675. The third-order valence-electron chi connectivity index (χ3n) is 6.77. The number of rotatable bonds is 26. The number of aliphatic hydroxyl groups is 4. The van der Waals surface area contributed by atoms with Gasteiger partial charge in [-0.05, 0) is 105 Å². The fourth-order valence-electron chi connectivity index (χ4n) is 4.15. The highest BCUT2D eigenvalue weighted by molar-refractivity contribution is 5.89. The maximum Gasteiger partial charge on any atom is 0.242 e. The summed E-state index contributed by atoms with van der Waals surface area (Å²) in [4.78, 5) is 26.5. The number of amides is 2. The zero-order valence-corrected chi connectivity index (χ0v) is 25.1.